The van der Waals surface area contributed by atoms with E-state index >= 15 is 0 Å². The molecule has 80 valence electrons. The molecule has 0 bridgehead atoms. The first-order valence-corrected chi connectivity index (χ1v) is 5.88. The Kier molecular flexibility index (Phi) is 1.67. The van der Waals surface area contributed by atoms with Gasteiger partial charge in [-0.2, -0.15) is 0 Å². The van der Waals surface area contributed by atoms with Crippen LogP contribution in [0.15, 0.2) is 54.7 Å². The maximum Gasteiger partial charge on any atom is 0.0786 e. The molecule has 1 heterocycles. The lowest BCUT2D eigenvalue weighted by molar-refractivity contribution is 1.17. The van der Waals surface area contributed by atoms with Gasteiger partial charge >= 0.3 is 0 Å². The molecule has 0 spiro atoms. The molecule has 1 nitrogen and oxygen atoms in total. The summed E-state index contributed by atoms with van der Waals surface area (Å²) >= 11 is 0. The highest BCUT2D eigenvalue weighted by Gasteiger charge is 2.17. The second kappa shape index (κ2) is 3.17. The zero-order valence-electron chi connectivity index (χ0n) is 9.35. The Balaban J connectivity index is 2.22. The molecule has 3 aromatic rings. The molecule has 1 aliphatic carbocycles. The summed E-state index contributed by atoms with van der Waals surface area (Å²) in [5.41, 5.74) is 5.20. The Labute approximate surface area is 99.7 Å². The molecule has 0 radical (unpaired) electrons. The number of pyridine rings is 1. The monoisotopic (exact) mass is 217 g/mol. The minimum absolute atomic E-state index is 1.02. The van der Waals surface area contributed by atoms with Crippen molar-refractivity contribution < 1.29 is 0 Å². The van der Waals surface area contributed by atoms with E-state index in [0.29, 0.717) is 0 Å². The highest BCUT2D eigenvalue weighted by molar-refractivity contribution is 5.99. The molecule has 2 aromatic carbocycles. The molecular weight excluding hydrogens is 206 g/mol. The predicted octanol–water partition coefficient (Wildman–Crippen LogP) is 3.81. The van der Waals surface area contributed by atoms with E-state index in [0.717, 1.165) is 12.1 Å². The molecule has 0 atom stereocenters. The molecule has 0 aliphatic heterocycles. The molecule has 0 saturated carbocycles. The largest absolute Gasteiger partial charge is 0.256 e. The van der Waals surface area contributed by atoms with Crippen LogP contribution >= 0.6 is 0 Å². The van der Waals surface area contributed by atoms with Crippen LogP contribution in [-0.4, -0.2) is 4.98 Å². The van der Waals surface area contributed by atoms with Gasteiger partial charge < -0.3 is 0 Å². The molecule has 0 fully saturated rings. The zero-order chi connectivity index (χ0) is 11.2. The van der Waals surface area contributed by atoms with E-state index < -0.39 is 0 Å². The minimum atomic E-state index is 1.02. The maximum atomic E-state index is 4.58. The van der Waals surface area contributed by atoms with E-state index in [1.54, 1.807) is 0 Å². The third kappa shape index (κ3) is 1.17. The number of nitrogens with zero attached hydrogens (tertiary/aromatic N) is 1. The second-order valence-electron chi connectivity index (χ2n) is 4.51. The summed E-state index contributed by atoms with van der Waals surface area (Å²) in [4.78, 5) is 4.58. The Hall–Kier alpha value is -2.15. The predicted molar refractivity (Wildman–Crippen MR) is 70.0 cm³/mol. The third-order valence-corrected chi connectivity index (χ3v) is 3.53. The van der Waals surface area contributed by atoms with Crippen molar-refractivity contribution in [3.05, 3.63) is 65.9 Å². The average Bonchev–Trinajstić information content (AvgIpc) is 2.39. The third-order valence-electron chi connectivity index (χ3n) is 3.53. The van der Waals surface area contributed by atoms with Gasteiger partial charge in [0.25, 0.3) is 0 Å². The Morgan fingerprint density at radius 3 is 2.71 bits per heavy atom. The molecule has 4 rings (SSSR count). The summed E-state index contributed by atoms with van der Waals surface area (Å²) in [6, 6.07) is 17.2. The number of rotatable bonds is 0. The van der Waals surface area contributed by atoms with Crippen molar-refractivity contribution in [3.8, 4) is 11.3 Å². The van der Waals surface area contributed by atoms with E-state index in [2.05, 4.69) is 53.5 Å². The molecule has 0 unspecified atom stereocenters. The van der Waals surface area contributed by atoms with Crippen LogP contribution in [0, 0.1) is 0 Å². The van der Waals surface area contributed by atoms with Gasteiger partial charge in [-0.1, -0.05) is 42.5 Å². The van der Waals surface area contributed by atoms with Crippen molar-refractivity contribution in [2.24, 2.45) is 0 Å². The summed E-state index contributed by atoms with van der Waals surface area (Å²) in [6.07, 6.45) is 2.93. The molecule has 1 aromatic heterocycles. The lowest BCUT2D eigenvalue weighted by Crippen LogP contribution is -2.02. The smallest absolute Gasteiger partial charge is 0.0786 e. The van der Waals surface area contributed by atoms with Gasteiger partial charge in [0.1, 0.15) is 0 Å². The van der Waals surface area contributed by atoms with E-state index in [1.165, 1.54) is 27.5 Å². The number of hydrogen-bond donors (Lipinski definition) is 0. The first kappa shape index (κ1) is 8.94. The van der Waals surface area contributed by atoms with Gasteiger partial charge in [0.2, 0.25) is 0 Å². The van der Waals surface area contributed by atoms with E-state index in [1.807, 2.05) is 6.20 Å². The Morgan fingerprint density at radius 2 is 1.71 bits per heavy atom. The van der Waals surface area contributed by atoms with Crippen molar-refractivity contribution in [1.29, 1.82) is 0 Å². The van der Waals surface area contributed by atoms with Crippen LogP contribution in [0.4, 0.5) is 0 Å². The SMILES string of the molecule is c1ccc2c(c1)Cc1cccc3ccnc-2c13. The van der Waals surface area contributed by atoms with Crippen LogP contribution in [0.25, 0.3) is 22.0 Å². The lowest BCUT2D eigenvalue weighted by atomic mass is 9.87. The summed E-state index contributed by atoms with van der Waals surface area (Å²) in [7, 11) is 0. The van der Waals surface area contributed by atoms with Gasteiger partial charge in [-0.3, -0.25) is 4.98 Å². The van der Waals surface area contributed by atoms with Crippen molar-refractivity contribution in [3.63, 3.8) is 0 Å². The standard InChI is InChI=1S/C16H11N/c1-2-7-14-12(4-1)10-13-6-3-5-11-8-9-17-16(14)15(11)13/h1-9H,10H2. The quantitative estimate of drug-likeness (QED) is 0.436. The van der Waals surface area contributed by atoms with Crippen molar-refractivity contribution in [2.75, 3.05) is 0 Å². The van der Waals surface area contributed by atoms with Gasteiger partial charge in [-0.05, 0) is 29.0 Å². The van der Waals surface area contributed by atoms with Crippen LogP contribution in [0.5, 0.6) is 0 Å². The Bertz CT molecular complexity index is 723. The maximum absolute atomic E-state index is 4.58. The van der Waals surface area contributed by atoms with Crippen LogP contribution in [-0.2, 0) is 6.42 Å². The average molecular weight is 217 g/mol. The fraction of sp³-hybridized carbons (Fsp3) is 0.0625. The fourth-order valence-corrected chi connectivity index (χ4v) is 2.77. The van der Waals surface area contributed by atoms with Crippen LogP contribution < -0.4 is 0 Å². The van der Waals surface area contributed by atoms with Crippen molar-refractivity contribution in [1.82, 2.24) is 4.98 Å². The van der Waals surface area contributed by atoms with Gasteiger partial charge in [0.05, 0.1) is 5.69 Å². The van der Waals surface area contributed by atoms with E-state index in [-0.39, 0.29) is 0 Å². The molecule has 1 heteroatoms. The number of benzene rings is 2. The van der Waals surface area contributed by atoms with E-state index in [4.69, 9.17) is 0 Å². The minimum Gasteiger partial charge on any atom is -0.256 e. The number of hydrogen-bond acceptors (Lipinski definition) is 1. The van der Waals surface area contributed by atoms with Crippen molar-refractivity contribution in [2.45, 2.75) is 6.42 Å². The van der Waals surface area contributed by atoms with Gasteiger partial charge in [0, 0.05) is 17.1 Å². The molecule has 0 N–H and O–H groups in total. The highest BCUT2D eigenvalue weighted by Crippen LogP contribution is 2.37. The zero-order valence-corrected chi connectivity index (χ0v) is 9.35. The second-order valence-corrected chi connectivity index (χ2v) is 4.51. The normalized spacial score (nSPS) is 12.5. The number of fused-ring (bicyclic) bond motifs is 2. The topological polar surface area (TPSA) is 12.9 Å². The fourth-order valence-electron chi connectivity index (χ4n) is 2.77. The molecular formula is C16H11N. The molecule has 0 saturated heterocycles. The lowest BCUT2D eigenvalue weighted by Gasteiger charge is -2.19. The van der Waals surface area contributed by atoms with Gasteiger partial charge in [-0.15, -0.1) is 0 Å². The summed E-state index contributed by atoms with van der Waals surface area (Å²) in [5.74, 6) is 0. The first-order valence-electron chi connectivity index (χ1n) is 5.88. The first-order chi connectivity index (χ1) is 8.43. The molecule has 0 amide bonds. The summed E-state index contributed by atoms with van der Waals surface area (Å²) < 4.78 is 0. The van der Waals surface area contributed by atoms with E-state index in [9.17, 15) is 0 Å². The summed E-state index contributed by atoms with van der Waals surface area (Å²) in [5, 5.41) is 2.62. The molecule has 1 aliphatic rings. The van der Waals surface area contributed by atoms with Crippen LogP contribution in [0.2, 0.25) is 0 Å². The Morgan fingerprint density at radius 1 is 0.824 bits per heavy atom. The highest BCUT2D eigenvalue weighted by atomic mass is 14.7. The summed E-state index contributed by atoms with van der Waals surface area (Å²) in [6.45, 7) is 0. The van der Waals surface area contributed by atoms with Crippen molar-refractivity contribution >= 4 is 10.8 Å². The van der Waals surface area contributed by atoms with Crippen LogP contribution in [0.3, 0.4) is 0 Å². The molecule has 17 heavy (non-hydrogen) atoms. The van der Waals surface area contributed by atoms with Gasteiger partial charge in [0.15, 0.2) is 0 Å². The van der Waals surface area contributed by atoms with Crippen LogP contribution in [0.1, 0.15) is 11.1 Å². The van der Waals surface area contributed by atoms with Gasteiger partial charge in [-0.25, -0.2) is 0 Å². The number of aromatic nitrogens is 1.